The molecule has 108 valence electrons. The maximum Gasteiger partial charge on any atom is 0.131 e. The Kier molecular flexibility index (Phi) is 4.96. The first-order valence-corrected chi connectivity index (χ1v) is 8.40. The van der Waals surface area contributed by atoms with Crippen LogP contribution in [0, 0.1) is 5.92 Å². The zero-order valence-corrected chi connectivity index (χ0v) is 13.5. The van der Waals surface area contributed by atoms with Crippen LogP contribution in [0.5, 0.6) is 0 Å². The fourth-order valence-corrected chi connectivity index (χ4v) is 4.22. The zero-order valence-electron chi connectivity index (χ0n) is 12.7. The normalized spacial score (nSPS) is 18.6. The third-order valence-electron chi connectivity index (χ3n) is 3.94. The Labute approximate surface area is 121 Å². The van der Waals surface area contributed by atoms with Crippen molar-refractivity contribution >= 4 is 11.3 Å². The Bertz CT molecular complexity index is 392. The van der Waals surface area contributed by atoms with Crippen LogP contribution in [-0.4, -0.2) is 16.2 Å². The number of nitrogens with zero attached hydrogens (tertiary/aromatic N) is 2. The van der Waals surface area contributed by atoms with Gasteiger partial charge in [0, 0.05) is 18.0 Å². The Morgan fingerprint density at radius 1 is 1.16 bits per heavy atom. The molecule has 1 aromatic heterocycles. The molecule has 0 radical (unpaired) electrons. The number of aromatic nitrogens is 2. The number of rotatable bonds is 6. The molecule has 1 aliphatic carbocycles. The van der Waals surface area contributed by atoms with Gasteiger partial charge in [0.2, 0.25) is 0 Å². The molecule has 19 heavy (non-hydrogen) atoms. The van der Waals surface area contributed by atoms with Gasteiger partial charge in [0.05, 0.1) is 0 Å². The van der Waals surface area contributed by atoms with E-state index in [-0.39, 0.29) is 0 Å². The molecule has 0 spiro atoms. The summed E-state index contributed by atoms with van der Waals surface area (Å²) in [4.78, 5) is 0. The average molecular weight is 281 g/mol. The molecular weight excluding hydrogens is 254 g/mol. The molecular formula is C15H27N3S. The molecule has 1 saturated carbocycles. The Morgan fingerprint density at radius 2 is 1.84 bits per heavy atom. The van der Waals surface area contributed by atoms with E-state index in [2.05, 4.69) is 43.2 Å². The zero-order chi connectivity index (χ0) is 13.9. The third-order valence-corrected chi connectivity index (χ3v) is 5.11. The minimum absolute atomic E-state index is 0.335. The molecule has 0 saturated heterocycles. The first-order valence-electron chi connectivity index (χ1n) is 7.58. The molecule has 1 N–H and O–H groups in total. The Balaban J connectivity index is 2.10. The summed E-state index contributed by atoms with van der Waals surface area (Å²) in [7, 11) is 0. The highest BCUT2D eigenvalue weighted by Gasteiger charge is 2.39. The van der Waals surface area contributed by atoms with Gasteiger partial charge in [-0.05, 0) is 25.2 Å². The van der Waals surface area contributed by atoms with E-state index < -0.39 is 0 Å². The summed E-state index contributed by atoms with van der Waals surface area (Å²) >= 11 is 1.83. The van der Waals surface area contributed by atoms with E-state index in [1.807, 2.05) is 11.3 Å². The van der Waals surface area contributed by atoms with Crippen molar-refractivity contribution in [2.75, 3.05) is 0 Å². The van der Waals surface area contributed by atoms with Gasteiger partial charge in [-0.2, -0.15) is 0 Å². The topological polar surface area (TPSA) is 37.8 Å². The predicted molar refractivity (Wildman–Crippen MR) is 81.5 cm³/mol. The first-order chi connectivity index (χ1) is 9.02. The maximum atomic E-state index is 4.53. The van der Waals surface area contributed by atoms with E-state index >= 15 is 0 Å². The van der Waals surface area contributed by atoms with Crippen LogP contribution in [0.15, 0.2) is 0 Å². The van der Waals surface area contributed by atoms with Gasteiger partial charge >= 0.3 is 0 Å². The molecule has 0 bridgehead atoms. The van der Waals surface area contributed by atoms with Crippen molar-refractivity contribution in [3.8, 4) is 0 Å². The Morgan fingerprint density at radius 3 is 2.42 bits per heavy atom. The molecule has 2 rings (SSSR count). The minimum atomic E-state index is 0.335. The maximum absolute atomic E-state index is 4.53. The quantitative estimate of drug-likeness (QED) is 0.859. The van der Waals surface area contributed by atoms with E-state index in [0.29, 0.717) is 11.5 Å². The number of nitrogens with one attached hydrogen (secondary N) is 1. The van der Waals surface area contributed by atoms with Crippen molar-refractivity contribution in [2.24, 2.45) is 5.92 Å². The molecule has 1 fully saturated rings. The molecule has 0 unspecified atom stereocenters. The summed E-state index contributed by atoms with van der Waals surface area (Å²) in [5.41, 5.74) is 0.335. The molecule has 0 atom stereocenters. The lowest BCUT2D eigenvalue weighted by atomic mass is 9.79. The molecule has 4 heteroatoms. The fraction of sp³-hybridized carbons (Fsp3) is 0.867. The van der Waals surface area contributed by atoms with Gasteiger partial charge in [0.1, 0.15) is 10.0 Å². The highest BCUT2D eigenvalue weighted by molar-refractivity contribution is 7.11. The van der Waals surface area contributed by atoms with Gasteiger partial charge in [0.15, 0.2) is 0 Å². The van der Waals surface area contributed by atoms with Crippen molar-refractivity contribution in [3.63, 3.8) is 0 Å². The minimum Gasteiger partial charge on any atom is -0.308 e. The van der Waals surface area contributed by atoms with Crippen LogP contribution >= 0.6 is 11.3 Å². The summed E-state index contributed by atoms with van der Waals surface area (Å²) in [5.74, 6) is 0.735. The summed E-state index contributed by atoms with van der Waals surface area (Å²) in [5, 5.41) is 14.8. The monoisotopic (exact) mass is 281 g/mol. The molecule has 1 aromatic rings. The van der Waals surface area contributed by atoms with Crippen LogP contribution in [0.1, 0.15) is 69.8 Å². The molecule has 1 aliphatic rings. The van der Waals surface area contributed by atoms with Crippen molar-refractivity contribution in [2.45, 2.75) is 77.8 Å². The number of hydrogen-bond acceptors (Lipinski definition) is 4. The van der Waals surface area contributed by atoms with Crippen molar-refractivity contribution in [1.29, 1.82) is 0 Å². The summed E-state index contributed by atoms with van der Waals surface area (Å²) < 4.78 is 0. The SMILES string of the molecule is CC(C)CC1(c2nnc(CNC(C)C)s2)CCCC1. The lowest BCUT2D eigenvalue weighted by Gasteiger charge is -2.27. The smallest absolute Gasteiger partial charge is 0.131 e. The lowest BCUT2D eigenvalue weighted by Crippen LogP contribution is -2.24. The van der Waals surface area contributed by atoms with E-state index in [1.165, 1.54) is 37.1 Å². The molecule has 1 heterocycles. The van der Waals surface area contributed by atoms with Gasteiger partial charge in [0.25, 0.3) is 0 Å². The van der Waals surface area contributed by atoms with Crippen LogP contribution < -0.4 is 5.32 Å². The summed E-state index contributed by atoms with van der Waals surface area (Å²) in [6, 6.07) is 0.503. The molecule has 0 amide bonds. The predicted octanol–water partition coefficient (Wildman–Crippen LogP) is 3.89. The van der Waals surface area contributed by atoms with Crippen molar-refractivity contribution < 1.29 is 0 Å². The first kappa shape index (κ1) is 14.9. The second-order valence-corrected chi connectivity index (χ2v) is 7.68. The second kappa shape index (κ2) is 6.31. The molecule has 0 aliphatic heterocycles. The van der Waals surface area contributed by atoms with Crippen LogP contribution in [0.3, 0.4) is 0 Å². The third kappa shape index (κ3) is 3.76. The van der Waals surface area contributed by atoms with Crippen LogP contribution in [-0.2, 0) is 12.0 Å². The van der Waals surface area contributed by atoms with E-state index in [0.717, 1.165) is 17.5 Å². The van der Waals surface area contributed by atoms with Crippen molar-refractivity contribution in [3.05, 3.63) is 10.0 Å². The van der Waals surface area contributed by atoms with E-state index in [1.54, 1.807) is 0 Å². The van der Waals surface area contributed by atoms with Gasteiger partial charge in [-0.3, -0.25) is 0 Å². The van der Waals surface area contributed by atoms with Crippen molar-refractivity contribution in [1.82, 2.24) is 15.5 Å². The summed E-state index contributed by atoms with van der Waals surface area (Å²) in [6.07, 6.45) is 6.58. The van der Waals surface area contributed by atoms with Gasteiger partial charge < -0.3 is 5.32 Å². The van der Waals surface area contributed by atoms with Gasteiger partial charge in [-0.25, -0.2) is 0 Å². The lowest BCUT2D eigenvalue weighted by molar-refractivity contribution is 0.343. The average Bonchev–Trinajstić information content (AvgIpc) is 2.94. The molecule has 0 aromatic carbocycles. The van der Waals surface area contributed by atoms with E-state index in [9.17, 15) is 0 Å². The van der Waals surface area contributed by atoms with Gasteiger partial charge in [-0.1, -0.05) is 51.9 Å². The highest BCUT2D eigenvalue weighted by Crippen LogP contribution is 2.46. The van der Waals surface area contributed by atoms with Crippen LogP contribution in [0.4, 0.5) is 0 Å². The largest absolute Gasteiger partial charge is 0.308 e. The van der Waals surface area contributed by atoms with E-state index in [4.69, 9.17) is 0 Å². The highest BCUT2D eigenvalue weighted by atomic mass is 32.1. The second-order valence-electron chi connectivity index (χ2n) is 6.62. The fourth-order valence-electron chi connectivity index (χ4n) is 3.17. The standard InChI is InChI=1S/C15H27N3S/c1-11(2)9-15(7-5-6-8-15)14-18-17-13(19-14)10-16-12(3)4/h11-12,16H,5-10H2,1-4H3. The van der Waals surface area contributed by atoms with Crippen LogP contribution in [0.25, 0.3) is 0 Å². The summed E-state index contributed by atoms with van der Waals surface area (Å²) in [6.45, 7) is 9.83. The van der Waals surface area contributed by atoms with Gasteiger partial charge in [-0.15, -0.1) is 10.2 Å². The van der Waals surface area contributed by atoms with Crippen LogP contribution in [0.2, 0.25) is 0 Å². The number of hydrogen-bond donors (Lipinski definition) is 1. The Hall–Kier alpha value is -0.480. The molecule has 3 nitrogen and oxygen atoms in total.